The van der Waals surface area contributed by atoms with Gasteiger partial charge in [-0.05, 0) is 12.8 Å². The van der Waals surface area contributed by atoms with Crippen LogP contribution in [0.1, 0.15) is 44.9 Å². The summed E-state index contributed by atoms with van der Waals surface area (Å²) in [5.41, 5.74) is 5.98. The van der Waals surface area contributed by atoms with Crippen LogP contribution in [0.4, 0.5) is 0 Å². The fourth-order valence-corrected chi connectivity index (χ4v) is 4.35. The first-order valence-corrected chi connectivity index (χ1v) is 8.23. The Morgan fingerprint density at radius 2 is 1.83 bits per heavy atom. The van der Waals surface area contributed by atoms with E-state index in [1.807, 2.05) is 0 Å². The van der Waals surface area contributed by atoms with Gasteiger partial charge in [-0.15, -0.1) is 0 Å². The van der Waals surface area contributed by atoms with Crippen molar-refractivity contribution in [1.29, 1.82) is 0 Å². The number of methoxy groups -OCH3 is 1. The largest absolute Gasteiger partial charge is 0.469 e. The summed E-state index contributed by atoms with van der Waals surface area (Å²) in [6.45, 7) is 0. The average Bonchev–Trinajstić information content (AvgIpc) is 2.31. The van der Waals surface area contributed by atoms with Crippen LogP contribution >= 0.6 is 0 Å². The number of carbonyl (C=O) groups is 1. The molecule has 2 atom stereocenters. The summed E-state index contributed by atoms with van der Waals surface area (Å²) in [5, 5.41) is -0.498. The van der Waals surface area contributed by atoms with E-state index in [2.05, 4.69) is 4.74 Å². The number of ether oxygens (including phenoxy) is 1. The molecule has 0 aromatic heterocycles. The molecule has 0 bridgehead atoms. The predicted molar refractivity (Wildman–Crippen MR) is 69.9 cm³/mol. The molecule has 0 amide bonds. The van der Waals surface area contributed by atoms with Gasteiger partial charge in [0.2, 0.25) is 0 Å². The van der Waals surface area contributed by atoms with Gasteiger partial charge < -0.3 is 10.5 Å². The Kier molecular flexibility index (Phi) is 6.08. The maximum atomic E-state index is 12.2. The molecule has 2 unspecified atom stereocenters. The third-order valence-electron chi connectivity index (χ3n) is 3.53. The van der Waals surface area contributed by atoms with Crippen LogP contribution in [-0.2, 0) is 19.4 Å². The smallest absolute Gasteiger partial charge is 0.306 e. The summed E-state index contributed by atoms with van der Waals surface area (Å²) in [4.78, 5) is 11.0. The lowest BCUT2D eigenvalue weighted by atomic mass is 9.97. The van der Waals surface area contributed by atoms with Crippen LogP contribution in [0.25, 0.3) is 0 Å². The first kappa shape index (κ1) is 15.4. The maximum absolute atomic E-state index is 12.2. The number of hydrogen-bond donors (Lipinski definition) is 1. The molecule has 0 aromatic carbocycles. The zero-order valence-corrected chi connectivity index (χ0v) is 11.7. The molecule has 6 heteroatoms. The Labute approximate surface area is 109 Å². The Morgan fingerprint density at radius 3 is 2.44 bits per heavy atom. The molecule has 2 N–H and O–H groups in total. The number of nitrogens with two attached hydrogens (primary N) is 1. The normalized spacial score (nSPS) is 26.1. The number of esters is 1. The van der Waals surface area contributed by atoms with Gasteiger partial charge in [-0.3, -0.25) is 4.79 Å². The number of carbonyl (C=O) groups excluding carboxylic acids is 1. The van der Waals surface area contributed by atoms with Crippen LogP contribution in [0, 0.1) is 0 Å². The molecule has 1 fully saturated rings. The van der Waals surface area contributed by atoms with E-state index in [0.717, 1.165) is 32.1 Å². The Balaban J connectivity index is 2.65. The molecule has 0 spiro atoms. The van der Waals surface area contributed by atoms with Gasteiger partial charge in [-0.2, -0.15) is 0 Å². The van der Waals surface area contributed by atoms with E-state index < -0.39 is 21.1 Å². The topological polar surface area (TPSA) is 86.5 Å². The van der Waals surface area contributed by atoms with E-state index in [0.29, 0.717) is 6.42 Å². The van der Waals surface area contributed by atoms with Crippen LogP contribution < -0.4 is 5.73 Å². The molecule has 0 radical (unpaired) electrons. The molecule has 1 aliphatic rings. The Morgan fingerprint density at radius 1 is 1.22 bits per heavy atom. The fourth-order valence-electron chi connectivity index (χ4n) is 2.40. The third kappa shape index (κ3) is 4.57. The van der Waals surface area contributed by atoms with Crippen molar-refractivity contribution in [1.82, 2.24) is 0 Å². The molecule has 18 heavy (non-hydrogen) atoms. The van der Waals surface area contributed by atoms with Crippen LogP contribution in [-0.4, -0.2) is 38.5 Å². The van der Waals surface area contributed by atoms with Crippen LogP contribution in [0.15, 0.2) is 0 Å². The van der Waals surface area contributed by atoms with Gasteiger partial charge in [-0.1, -0.05) is 25.7 Å². The van der Waals surface area contributed by atoms with Gasteiger partial charge in [0.25, 0.3) is 0 Å². The van der Waals surface area contributed by atoms with Crippen LogP contribution in [0.3, 0.4) is 0 Å². The van der Waals surface area contributed by atoms with Crippen molar-refractivity contribution in [2.45, 2.75) is 56.2 Å². The SMILES string of the molecule is COC(=O)CCS(=O)(=O)C1CCCCCCC1N. The van der Waals surface area contributed by atoms with Crippen LogP contribution in [0.2, 0.25) is 0 Å². The zero-order chi connectivity index (χ0) is 13.6. The van der Waals surface area contributed by atoms with Crippen molar-refractivity contribution >= 4 is 15.8 Å². The second-order valence-corrected chi connectivity index (χ2v) is 7.23. The molecule has 0 aromatic rings. The Bertz CT molecular complexity index is 366. The van der Waals surface area contributed by atoms with Crippen molar-refractivity contribution in [3.05, 3.63) is 0 Å². The van der Waals surface area contributed by atoms with Crippen molar-refractivity contribution in [3.8, 4) is 0 Å². The van der Waals surface area contributed by atoms with E-state index in [-0.39, 0.29) is 18.2 Å². The summed E-state index contributed by atoms with van der Waals surface area (Å²) in [7, 11) is -2.04. The minimum atomic E-state index is -3.30. The highest BCUT2D eigenvalue weighted by Crippen LogP contribution is 2.22. The van der Waals surface area contributed by atoms with Crippen molar-refractivity contribution in [3.63, 3.8) is 0 Å². The van der Waals surface area contributed by atoms with Gasteiger partial charge in [0, 0.05) is 6.04 Å². The lowest BCUT2D eigenvalue weighted by molar-refractivity contribution is -0.140. The van der Waals surface area contributed by atoms with E-state index in [1.165, 1.54) is 7.11 Å². The fraction of sp³-hybridized carbons (Fsp3) is 0.917. The highest BCUT2D eigenvalue weighted by Gasteiger charge is 2.31. The number of rotatable bonds is 4. The van der Waals surface area contributed by atoms with E-state index in [4.69, 9.17) is 5.73 Å². The van der Waals surface area contributed by atoms with Gasteiger partial charge in [-0.25, -0.2) is 8.42 Å². The maximum Gasteiger partial charge on any atom is 0.306 e. The van der Waals surface area contributed by atoms with Gasteiger partial charge in [0.05, 0.1) is 24.5 Å². The molecule has 0 saturated heterocycles. The molecule has 5 nitrogen and oxygen atoms in total. The summed E-state index contributed by atoms with van der Waals surface area (Å²) in [6.07, 6.45) is 5.37. The quantitative estimate of drug-likeness (QED) is 0.775. The predicted octanol–water partition coefficient (Wildman–Crippen LogP) is 1.01. The molecular formula is C12H23NO4S. The van der Waals surface area contributed by atoms with E-state index in [1.54, 1.807) is 0 Å². The summed E-state index contributed by atoms with van der Waals surface area (Å²) in [6, 6.07) is -0.298. The second kappa shape index (κ2) is 7.09. The Hall–Kier alpha value is -0.620. The molecule has 1 rings (SSSR count). The highest BCUT2D eigenvalue weighted by molar-refractivity contribution is 7.92. The van der Waals surface area contributed by atoms with Crippen molar-refractivity contribution in [2.24, 2.45) is 5.73 Å². The minimum absolute atomic E-state index is 0.0813. The monoisotopic (exact) mass is 277 g/mol. The number of sulfone groups is 1. The molecule has 1 aliphatic carbocycles. The molecule has 0 heterocycles. The van der Waals surface area contributed by atoms with Crippen molar-refractivity contribution < 1.29 is 17.9 Å². The third-order valence-corrected chi connectivity index (χ3v) is 5.81. The molecule has 0 aliphatic heterocycles. The summed E-state index contributed by atoms with van der Waals surface area (Å²) >= 11 is 0. The van der Waals surface area contributed by atoms with Gasteiger partial charge >= 0.3 is 5.97 Å². The molecule has 106 valence electrons. The van der Waals surface area contributed by atoms with Crippen molar-refractivity contribution in [2.75, 3.05) is 12.9 Å². The minimum Gasteiger partial charge on any atom is -0.469 e. The lowest BCUT2D eigenvalue weighted by Gasteiger charge is -2.26. The zero-order valence-electron chi connectivity index (χ0n) is 10.9. The van der Waals surface area contributed by atoms with Gasteiger partial charge in [0.1, 0.15) is 0 Å². The van der Waals surface area contributed by atoms with E-state index >= 15 is 0 Å². The first-order chi connectivity index (χ1) is 8.47. The van der Waals surface area contributed by atoms with E-state index in [9.17, 15) is 13.2 Å². The summed E-state index contributed by atoms with van der Waals surface area (Å²) < 4.78 is 28.9. The van der Waals surface area contributed by atoms with Crippen LogP contribution in [0.5, 0.6) is 0 Å². The van der Waals surface area contributed by atoms with Gasteiger partial charge in [0.15, 0.2) is 9.84 Å². The number of hydrogen-bond acceptors (Lipinski definition) is 5. The second-order valence-electron chi connectivity index (χ2n) is 4.89. The lowest BCUT2D eigenvalue weighted by Crippen LogP contribution is -2.42. The average molecular weight is 277 g/mol. The highest BCUT2D eigenvalue weighted by atomic mass is 32.2. The molecule has 1 saturated carbocycles. The molecular weight excluding hydrogens is 254 g/mol. The summed E-state index contributed by atoms with van der Waals surface area (Å²) in [5.74, 6) is -0.643. The standard InChI is InChI=1S/C12H23NO4S/c1-17-12(14)8-9-18(15,16)11-7-5-3-2-4-6-10(11)13/h10-11H,2-9,13H2,1H3. The first-order valence-electron chi connectivity index (χ1n) is 6.51.